The third kappa shape index (κ3) is 2.61. The minimum absolute atomic E-state index is 0.114. The van der Waals surface area contributed by atoms with Gasteiger partial charge in [-0.05, 0) is 35.9 Å². The molecule has 5 heteroatoms. The molecule has 0 saturated heterocycles. The Morgan fingerprint density at radius 1 is 1.00 bits per heavy atom. The van der Waals surface area contributed by atoms with Gasteiger partial charge in [-0.3, -0.25) is 0 Å². The quantitative estimate of drug-likeness (QED) is 0.783. The van der Waals surface area contributed by atoms with Crippen LogP contribution in [0.3, 0.4) is 0 Å². The van der Waals surface area contributed by atoms with Crippen LogP contribution in [0.5, 0.6) is 5.75 Å². The zero-order chi connectivity index (χ0) is 14.3. The third-order valence-electron chi connectivity index (χ3n) is 3.42. The molecule has 0 aliphatic carbocycles. The van der Waals surface area contributed by atoms with Crippen molar-refractivity contribution in [1.29, 1.82) is 0 Å². The summed E-state index contributed by atoms with van der Waals surface area (Å²) in [4.78, 5) is 0. The molecule has 0 bridgehead atoms. The van der Waals surface area contributed by atoms with Crippen LogP contribution < -0.4 is 10.5 Å². The topological polar surface area (TPSA) is 35.2 Å². The smallest absolute Gasteiger partial charge is 0.126 e. The summed E-state index contributed by atoms with van der Waals surface area (Å²) in [6, 6.07) is 10.9. The van der Waals surface area contributed by atoms with E-state index in [1.807, 2.05) is 24.3 Å². The number of hydrogen-bond acceptors (Lipinski definition) is 2. The second kappa shape index (κ2) is 5.45. The van der Waals surface area contributed by atoms with Gasteiger partial charge < -0.3 is 10.5 Å². The lowest BCUT2D eigenvalue weighted by Gasteiger charge is -2.30. The van der Waals surface area contributed by atoms with Crippen LogP contribution in [0, 0.1) is 0 Å². The van der Waals surface area contributed by atoms with Crippen LogP contribution in [0.2, 0.25) is 15.1 Å². The van der Waals surface area contributed by atoms with E-state index in [1.54, 1.807) is 12.1 Å². The first-order valence-electron chi connectivity index (χ1n) is 6.21. The molecule has 2 nitrogen and oxygen atoms in total. The molecular weight excluding hydrogens is 317 g/mol. The van der Waals surface area contributed by atoms with Crippen LogP contribution in [0.15, 0.2) is 36.4 Å². The van der Waals surface area contributed by atoms with Gasteiger partial charge in [0.15, 0.2) is 0 Å². The first-order chi connectivity index (χ1) is 9.54. The van der Waals surface area contributed by atoms with E-state index >= 15 is 0 Å². The molecule has 0 spiro atoms. The van der Waals surface area contributed by atoms with Gasteiger partial charge in [-0.1, -0.05) is 40.9 Å². The number of nitrogens with two attached hydrogens (primary N) is 1. The summed E-state index contributed by atoms with van der Waals surface area (Å²) in [6.45, 7) is 0. The van der Waals surface area contributed by atoms with Crippen LogP contribution in [0.25, 0.3) is 0 Å². The summed E-state index contributed by atoms with van der Waals surface area (Å²) in [6.07, 6.45) is 0.541. The Balaban J connectivity index is 1.94. The van der Waals surface area contributed by atoms with Crippen LogP contribution in [0.4, 0.5) is 0 Å². The van der Waals surface area contributed by atoms with Gasteiger partial charge in [-0.25, -0.2) is 0 Å². The Morgan fingerprint density at radius 3 is 2.55 bits per heavy atom. The molecule has 1 heterocycles. The van der Waals surface area contributed by atoms with Crippen molar-refractivity contribution in [2.45, 2.75) is 18.6 Å². The average molecular weight is 329 g/mol. The van der Waals surface area contributed by atoms with Crippen molar-refractivity contribution < 1.29 is 4.74 Å². The highest BCUT2D eigenvalue weighted by molar-refractivity contribution is 6.42. The fraction of sp³-hybridized carbons (Fsp3) is 0.200. The maximum Gasteiger partial charge on any atom is 0.126 e. The molecule has 0 fully saturated rings. The maximum absolute atomic E-state index is 6.21. The van der Waals surface area contributed by atoms with E-state index < -0.39 is 0 Å². The van der Waals surface area contributed by atoms with Crippen molar-refractivity contribution in [2.75, 3.05) is 0 Å². The van der Waals surface area contributed by atoms with Gasteiger partial charge >= 0.3 is 0 Å². The molecule has 2 aromatic rings. The van der Waals surface area contributed by atoms with Crippen LogP contribution >= 0.6 is 34.8 Å². The second-order valence-corrected chi connectivity index (χ2v) is 6.06. The molecule has 0 saturated carbocycles. The monoisotopic (exact) mass is 327 g/mol. The van der Waals surface area contributed by atoms with Crippen molar-refractivity contribution >= 4 is 34.8 Å². The van der Waals surface area contributed by atoms with E-state index in [-0.39, 0.29) is 12.1 Å². The molecule has 20 heavy (non-hydrogen) atoms. The van der Waals surface area contributed by atoms with Crippen molar-refractivity contribution in [3.05, 3.63) is 62.6 Å². The fourth-order valence-corrected chi connectivity index (χ4v) is 2.88. The summed E-state index contributed by atoms with van der Waals surface area (Å²) < 4.78 is 6.00. The van der Waals surface area contributed by atoms with E-state index in [0.717, 1.165) is 16.9 Å². The number of halogens is 3. The van der Waals surface area contributed by atoms with E-state index in [0.29, 0.717) is 21.5 Å². The first-order valence-corrected chi connectivity index (χ1v) is 7.34. The van der Waals surface area contributed by atoms with E-state index in [9.17, 15) is 0 Å². The number of rotatable bonds is 1. The minimum atomic E-state index is -0.131. The van der Waals surface area contributed by atoms with Gasteiger partial charge in [0.1, 0.15) is 11.9 Å². The van der Waals surface area contributed by atoms with Gasteiger partial charge in [-0.15, -0.1) is 0 Å². The first kappa shape index (κ1) is 14.0. The normalized spacial score (nSPS) is 21.2. The zero-order valence-corrected chi connectivity index (χ0v) is 12.7. The summed E-state index contributed by atoms with van der Waals surface area (Å²) in [5, 5.41) is 1.71. The highest BCUT2D eigenvalue weighted by atomic mass is 35.5. The number of benzene rings is 2. The van der Waals surface area contributed by atoms with Crippen LogP contribution in [-0.4, -0.2) is 0 Å². The summed E-state index contributed by atoms with van der Waals surface area (Å²) in [5.74, 6) is 0.768. The largest absolute Gasteiger partial charge is 0.485 e. The molecular formula is C15H12Cl3NO. The third-order valence-corrected chi connectivity index (χ3v) is 4.40. The predicted octanol–water partition coefficient (Wildman–Crippen LogP) is 5.17. The van der Waals surface area contributed by atoms with Crippen molar-refractivity contribution in [2.24, 2.45) is 5.73 Å². The Bertz CT molecular complexity index is 660. The molecule has 0 radical (unpaired) electrons. The predicted molar refractivity (Wildman–Crippen MR) is 82.8 cm³/mol. The molecule has 0 amide bonds. The molecule has 104 valence electrons. The zero-order valence-electron chi connectivity index (χ0n) is 10.4. The molecule has 2 unspecified atom stereocenters. The van der Waals surface area contributed by atoms with Crippen molar-refractivity contribution in [3.63, 3.8) is 0 Å². The van der Waals surface area contributed by atoms with E-state index in [2.05, 4.69) is 0 Å². The molecule has 2 N–H and O–H groups in total. The van der Waals surface area contributed by atoms with E-state index in [4.69, 9.17) is 45.3 Å². The van der Waals surface area contributed by atoms with Crippen molar-refractivity contribution in [3.8, 4) is 5.75 Å². The molecule has 3 rings (SSSR count). The molecule has 1 aliphatic heterocycles. The van der Waals surface area contributed by atoms with Gasteiger partial charge in [0.25, 0.3) is 0 Å². The summed E-state index contributed by atoms with van der Waals surface area (Å²) >= 11 is 18.0. The Morgan fingerprint density at radius 2 is 1.80 bits per heavy atom. The van der Waals surface area contributed by atoms with E-state index in [1.165, 1.54) is 0 Å². The van der Waals surface area contributed by atoms with Crippen LogP contribution in [-0.2, 0) is 0 Å². The maximum atomic E-state index is 6.21. The summed E-state index contributed by atoms with van der Waals surface area (Å²) in [7, 11) is 0. The Kier molecular flexibility index (Phi) is 3.83. The van der Waals surface area contributed by atoms with Crippen molar-refractivity contribution in [1.82, 2.24) is 0 Å². The number of ether oxygens (including phenoxy) is 1. The lowest BCUT2D eigenvalue weighted by atomic mass is 9.93. The molecule has 2 atom stereocenters. The Hall–Kier alpha value is -0.930. The molecule has 0 aromatic heterocycles. The minimum Gasteiger partial charge on any atom is -0.485 e. The number of hydrogen-bond donors (Lipinski definition) is 1. The van der Waals surface area contributed by atoms with Gasteiger partial charge in [-0.2, -0.15) is 0 Å². The van der Waals surface area contributed by atoms with Gasteiger partial charge in [0, 0.05) is 23.0 Å². The molecule has 2 aromatic carbocycles. The number of fused-ring (bicyclic) bond motifs is 1. The SMILES string of the molecule is NC1CC(c2ccc(Cl)c(Cl)c2)Oc2ccc(Cl)cc21. The highest BCUT2D eigenvalue weighted by Crippen LogP contribution is 2.41. The Labute approximate surface area is 132 Å². The van der Waals surface area contributed by atoms with Gasteiger partial charge in [0.05, 0.1) is 10.0 Å². The second-order valence-electron chi connectivity index (χ2n) is 4.80. The highest BCUT2D eigenvalue weighted by Gasteiger charge is 2.27. The van der Waals surface area contributed by atoms with Gasteiger partial charge in [0.2, 0.25) is 0 Å². The lowest BCUT2D eigenvalue weighted by molar-refractivity contribution is 0.161. The van der Waals surface area contributed by atoms with Crippen LogP contribution in [0.1, 0.15) is 29.7 Å². The standard InChI is InChI=1S/C15H12Cl3NO/c16-9-2-4-14-10(6-9)13(19)7-15(20-14)8-1-3-11(17)12(18)5-8/h1-6,13,15H,7,19H2. The summed E-state index contributed by atoms with van der Waals surface area (Å²) in [5.41, 5.74) is 8.12. The molecule has 1 aliphatic rings. The fourth-order valence-electron chi connectivity index (χ4n) is 2.39. The average Bonchev–Trinajstić information content (AvgIpc) is 2.42. The lowest BCUT2D eigenvalue weighted by Crippen LogP contribution is -2.24.